The summed E-state index contributed by atoms with van der Waals surface area (Å²) in [6.45, 7) is 6.37. The highest BCUT2D eigenvalue weighted by Gasteiger charge is 2.36. The first-order valence-electron chi connectivity index (χ1n) is 8.48. The van der Waals surface area contributed by atoms with Crippen molar-refractivity contribution in [1.82, 2.24) is 4.57 Å². The van der Waals surface area contributed by atoms with Crippen molar-refractivity contribution in [2.45, 2.75) is 44.4 Å². The third-order valence-electron chi connectivity index (χ3n) is 5.78. The van der Waals surface area contributed by atoms with Crippen LogP contribution in [0.4, 0.5) is 5.82 Å². The summed E-state index contributed by atoms with van der Waals surface area (Å²) in [5.74, 6) is 1.31. The first-order chi connectivity index (χ1) is 10.9. The van der Waals surface area contributed by atoms with Gasteiger partial charge in [-0.05, 0) is 36.5 Å². The molecule has 1 N–H and O–H groups in total. The molecule has 1 saturated heterocycles. The van der Waals surface area contributed by atoms with Crippen LogP contribution < -0.4 is 4.90 Å². The zero-order valence-electron chi connectivity index (χ0n) is 14.1. The van der Waals surface area contributed by atoms with Crippen molar-refractivity contribution in [3.63, 3.8) is 0 Å². The van der Waals surface area contributed by atoms with Crippen molar-refractivity contribution in [3.05, 3.63) is 29.3 Å². The highest BCUT2D eigenvalue weighted by Crippen LogP contribution is 2.48. The van der Waals surface area contributed by atoms with Gasteiger partial charge >= 0.3 is 5.97 Å². The smallest absolute Gasteiger partial charge is 0.304 e. The molecule has 122 valence electrons. The Morgan fingerprint density at radius 1 is 1.30 bits per heavy atom. The second-order valence-electron chi connectivity index (χ2n) is 7.74. The number of carboxylic acids is 1. The number of hydrogen-bond acceptors (Lipinski definition) is 2. The van der Waals surface area contributed by atoms with E-state index in [1.165, 1.54) is 48.2 Å². The Morgan fingerprint density at radius 2 is 2.00 bits per heavy atom. The number of aryl methyl sites for hydroxylation is 1. The van der Waals surface area contributed by atoms with Crippen LogP contribution in [0.3, 0.4) is 0 Å². The van der Waals surface area contributed by atoms with Crippen LogP contribution in [-0.2, 0) is 17.3 Å². The fourth-order valence-corrected chi connectivity index (χ4v) is 4.53. The fraction of sp³-hybridized carbons (Fsp3) is 0.526. The van der Waals surface area contributed by atoms with Crippen LogP contribution in [0.5, 0.6) is 0 Å². The molecule has 4 heterocycles. The minimum atomic E-state index is -0.740. The molecular weight excluding hydrogens is 288 g/mol. The minimum Gasteiger partial charge on any atom is -0.481 e. The second kappa shape index (κ2) is 4.76. The van der Waals surface area contributed by atoms with E-state index in [9.17, 15) is 9.90 Å². The summed E-state index contributed by atoms with van der Waals surface area (Å²) in [6, 6.07) is 6.53. The molecule has 23 heavy (non-hydrogen) atoms. The number of rotatable bonds is 3. The molecule has 0 radical (unpaired) electrons. The van der Waals surface area contributed by atoms with Crippen molar-refractivity contribution in [1.29, 1.82) is 0 Å². The molecule has 0 saturated carbocycles. The molecule has 0 unspecified atom stereocenters. The first kappa shape index (κ1) is 14.6. The van der Waals surface area contributed by atoms with Crippen LogP contribution in [0.1, 0.15) is 50.2 Å². The Bertz CT molecular complexity index is 795. The monoisotopic (exact) mass is 312 g/mol. The normalized spacial score (nSPS) is 17.8. The van der Waals surface area contributed by atoms with Crippen LogP contribution in [0.25, 0.3) is 10.9 Å². The van der Waals surface area contributed by atoms with Gasteiger partial charge in [-0.15, -0.1) is 0 Å². The van der Waals surface area contributed by atoms with Gasteiger partial charge in [0, 0.05) is 42.0 Å². The lowest BCUT2D eigenvalue weighted by Gasteiger charge is -2.41. The summed E-state index contributed by atoms with van der Waals surface area (Å²) in [5, 5.41) is 10.5. The van der Waals surface area contributed by atoms with Gasteiger partial charge in [0.25, 0.3) is 0 Å². The van der Waals surface area contributed by atoms with Crippen LogP contribution in [0, 0.1) is 0 Å². The lowest BCUT2D eigenvalue weighted by Crippen LogP contribution is -2.39. The molecule has 0 spiro atoms. The van der Waals surface area contributed by atoms with E-state index in [0.717, 1.165) is 5.56 Å². The zero-order valence-corrected chi connectivity index (χ0v) is 14.1. The van der Waals surface area contributed by atoms with E-state index < -0.39 is 5.97 Å². The van der Waals surface area contributed by atoms with E-state index >= 15 is 0 Å². The molecule has 2 aromatic rings. The molecule has 5 rings (SSSR count). The number of carbonyl (C=O) groups is 1. The molecule has 4 heteroatoms. The van der Waals surface area contributed by atoms with E-state index in [1.807, 2.05) is 13.8 Å². The lowest BCUT2D eigenvalue weighted by atomic mass is 9.79. The number of aromatic nitrogens is 1. The summed E-state index contributed by atoms with van der Waals surface area (Å²) < 4.78 is 2.32. The van der Waals surface area contributed by atoms with Gasteiger partial charge in [-0.25, -0.2) is 0 Å². The van der Waals surface area contributed by atoms with Crippen LogP contribution in [0.15, 0.2) is 18.2 Å². The van der Waals surface area contributed by atoms with E-state index in [2.05, 4.69) is 34.7 Å². The third kappa shape index (κ3) is 2.07. The molecule has 2 bridgehead atoms. The molecule has 0 amide bonds. The molecule has 0 aliphatic carbocycles. The Morgan fingerprint density at radius 3 is 2.65 bits per heavy atom. The summed E-state index contributed by atoms with van der Waals surface area (Å²) in [6.07, 6.45) is 2.65. The maximum Gasteiger partial charge on any atom is 0.304 e. The molecule has 1 aromatic carbocycles. The summed E-state index contributed by atoms with van der Waals surface area (Å²) in [7, 11) is 2.16. The molecular formula is C19H24N2O2. The van der Waals surface area contributed by atoms with E-state index in [0.29, 0.717) is 5.92 Å². The first-order valence-corrected chi connectivity index (χ1v) is 8.48. The summed E-state index contributed by atoms with van der Waals surface area (Å²) in [4.78, 5) is 13.7. The van der Waals surface area contributed by atoms with Gasteiger partial charge in [0.2, 0.25) is 0 Å². The lowest BCUT2D eigenvalue weighted by molar-refractivity contribution is -0.138. The third-order valence-corrected chi connectivity index (χ3v) is 5.78. The van der Waals surface area contributed by atoms with E-state index in [4.69, 9.17) is 0 Å². The maximum absolute atomic E-state index is 11.2. The van der Waals surface area contributed by atoms with Crippen molar-refractivity contribution in [3.8, 4) is 0 Å². The largest absolute Gasteiger partial charge is 0.481 e. The molecule has 0 atom stereocenters. The molecule has 4 nitrogen and oxygen atoms in total. The van der Waals surface area contributed by atoms with Crippen molar-refractivity contribution in [2.24, 2.45) is 7.05 Å². The van der Waals surface area contributed by atoms with Crippen molar-refractivity contribution >= 4 is 22.7 Å². The number of aliphatic carboxylic acids is 1. The highest BCUT2D eigenvalue weighted by atomic mass is 16.4. The van der Waals surface area contributed by atoms with E-state index in [1.54, 1.807) is 0 Å². The number of carboxylic acid groups (broad SMARTS) is 1. The minimum absolute atomic E-state index is 0.156. The van der Waals surface area contributed by atoms with Crippen LogP contribution >= 0.6 is 0 Å². The number of benzene rings is 1. The SMILES string of the molecule is Cn1c2c(c3cc(C(C)(C)CC(=O)O)ccc31)C1CCN2CC1. The average molecular weight is 312 g/mol. The van der Waals surface area contributed by atoms with Crippen LogP contribution in [0.2, 0.25) is 0 Å². The van der Waals surface area contributed by atoms with Gasteiger partial charge in [-0.2, -0.15) is 0 Å². The van der Waals surface area contributed by atoms with Crippen LogP contribution in [-0.4, -0.2) is 28.7 Å². The standard InChI is InChI=1S/C19H24N2O2/c1-19(2,11-16(22)23)13-4-5-15-14(10-13)17-12-6-8-21(9-7-12)18(17)20(15)3/h4-5,10,12H,6-9,11H2,1-3H3,(H,22,23). The number of anilines is 1. The second-order valence-corrected chi connectivity index (χ2v) is 7.74. The molecule has 1 aromatic heterocycles. The van der Waals surface area contributed by atoms with E-state index in [-0.39, 0.29) is 11.8 Å². The maximum atomic E-state index is 11.2. The van der Waals surface area contributed by atoms with Gasteiger partial charge in [0.05, 0.1) is 6.42 Å². The quantitative estimate of drug-likeness (QED) is 0.941. The predicted octanol–water partition coefficient (Wildman–Crippen LogP) is 3.63. The Balaban J connectivity index is 1.90. The topological polar surface area (TPSA) is 45.5 Å². The molecule has 1 fully saturated rings. The van der Waals surface area contributed by atoms with Gasteiger partial charge in [0.1, 0.15) is 5.82 Å². The number of piperidine rings is 1. The number of nitrogens with zero attached hydrogens (tertiary/aromatic N) is 2. The highest BCUT2D eigenvalue weighted by molar-refractivity contribution is 5.92. The van der Waals surface area contributed by atoms with Gasteiger partial charge in [-0.1, -0.05) is 19.9 Å². The van der Waals surface area contributed by atoms with Gasteiger partial charge in [-0.3, -0.25) is 4.79 Å². The Labute approximate surface area is 136 Å². The molecule has 3 aliphatic rings. The number of fused-ring (bicyclic) bond motifs is 3. The Hall–Kier alpha value is -1.97. The summed E-state index contributed by atoms with van der Waals surface area (Å²) in [5.41, 5.74) is 3.53. The van der Waals surface area contributed by atoms with Gasteiger partial charge < -0.3 is 14.6 Å². The Kier molecular flexibility index (Phi) is 3.03. The fourth-order valence-electron chi connectivity index (χ4n) is 4.53. The summed E-state index contributed by atoms with van der Waals surface area (Å²) >= 11 is 0. The van der Waals surface area contributed by atoms with Crippen molar-refractivity contribution in [2.75, 3.05) is 18.0 Å². The average Bonchev–Trinajstić information content (AvgIpc) is 2.83. The zero-order chi connectivity index (χ0) is 16.4. The van der Waals surface area contributed by atoms with Crippen molar-refractivity contribution < 1.29 is 9.90 Å². The predicted molar refractivity (Wildman–Crippen MR) is 92.4 cm³/mol. The van der Waals surface area contributed by atoms with Gasteiger partial charge in [0.15, 0.2) is 0 Å². The number of hydrogen-bond donors (Lipinski definition) is 1. The molecule has 3 aliphatic heterocycles.